The molecular weight excluding hydrogens is 229 g/mol. The van der Waals surface area contributed by atoms with Crippen molar-refractivity contribution in [3.05, 3.63) is 53.9 Å². The fourth-order valence-electron chi connectivity index (χ4n) is 1.49. The van der Waals surface area contributed by atoms with E-state index in [1.54, 1.807) is 17.1 Å². The van der Waals surface area contributed by atoms with Crippen molar-refractivity contribution in [2.75, 3.05) is 0 Å². The minimum Gasteiger partial charge on any atom is -0.272 e. The predicted octanol–water partition coefficient (Wildman–Crippen LogP) is 2.94. The normalized spacial score (nSPS) is 11.7. The molecule has 89 valence electrons. The Kier molecular flexibility index (Phi) is 3.17. The summed E-state index contributed by atoms with van der Waals surface area (Å²) in [5, 5.41) is 3.97. The first kappa shape index (κ1) is 11.7. The lowest BCUT2D eigenvalue weighted by molar-refractivity contribution is -0.137. The van der Waals surface area contributed by atoms with E-state index in [0.29, 0.717) is 13.0 Å². The van der Waals surface area contributed by atoms with Gasteiger partial charge in [-0.1, -0.05) is 12.1 Å². The second-order valence-corrected chi connectivity index (χ2v) is 3.65. The SMILES string of the molecule is FC(F)(F)c1ccc(CCn2c[c]cn2)cc1. The largest absolute Gasteiger partial charge is 0.416 e. The van der Waals surface area contributed by atoms with Crippen LogP contribution < -0.4 is 0 Å². The van der Waals surface area contributed by atoms with Crippen LogP contribution in [0.15, 0.2) is 36.7 Å². The number of aromatic nitrogens is 2. The summed E-state index contributed by atoms with van der Waals surface area (Å²) in [6.07, 6.45) is -0.375. The Labute approximate surface area is 96.7 Å². The van der Waals surface area contributed by atoms with E-state index in [1.165, 1.54) is 12.1 Å². The molecule has 0 saturated heterocycles. The maximum Gasteiger partial charge on any atom is 0.416 e. The van der Waals surface area contributed by atoms with Crippen molar-refractivity contribution in [1.29, 1.82) is 0 Å². The molecule has 0 N–H and O–H groups in total. The molecule has 0 amide bonds. The number of aryl methyl sites for hydroxylation is 2. The van der Waals surface area contributed by atoms with Gasteiger partial charge in [0, 0.05) is 18.8 Å². The van der Waals surface area contributed by atoms with Crippen molar-refractivity contribution < 1.29 is 13.2 Å². The van der Waals surface area contributed by atoms with Gasteiger partial charge in [0.1, 0.15) is 0 Å². The van der Waals surface area contributed by atoms with Gasteiger partial charge in [-0.3, -0.25) is 4.68 Å². The molecule has 1 aromatic heterocycles. The summed E-state index contributed by atoms with van der Waals surface area (Å²) in [6.45, 7) is 0.634. The van der Waals surface area contributed by atoms with Crippen molar-refractivity contribution in [3.63, 3.8) is 0 Å². The molecule has 1 radical (unpaired) electrons. The highest BCUT2D eigenvalue weighted by atomic mass is 19.4. The van der Waals surface area contributed by atoms with E-state index in [9.17, 15) is 13.2 Å². The molecule has 0 bridgehead atoms. The first-order valence-electron chi connectivity index (χ1n) is 5.10. The van der Waals surface area contributed by atoms with Crippen LogP contribution in [0.1, 0.15) is 11.1 Å². The molecule has 0 aliphatic carbocycles. The topological polar surface area (TPSA) is 17.8 Å². The highest BCUT2D eigenvalue weighted by molar-refractivity contribution is 5.24. The van der Waals surface area contributed by atoms with Gasteiger partial charge in [0.25, 0.3) is 0 Å². The summed E-state index contributed by atoms with van der Waals surface area (Å²) in [5.41, 5.74) is 0.238. The molecule has 0 atom stereocenters. The van der Waals surface area contributed by atoms with Gasteiger partial charge >= 0.3 is 6.18 Å². The summed E-state index contributed by atoms with van der Waals surface area (Å²) >= 11 is 0. The standard InChI is InChI=1S/C12H10F3N2/c13-12(14,15)11-4-2-10(3-5-11)6-9-17-8-1-7-16-17/h2-5,7-8H,6,9H2. The third-order valence-corrected chi connectivity index (χ3v) is 2.41. The molecular formula is C12H10F3N2. The molecule has 0 aliphatic heterocycles. The molecule has 17 heavy (non-hydrogen) atoms. The van der Waals surface area contributed by atoms with Crippen LogP contribution in [0.2, 0.25) is 0 Å². The van der Waals surface area contributed by atoms with Crippen LogP contribution >= 0.6 is 0 Å². The summed E-state index contributed by atoms with van der Waals surface area (Å²) in [7, 11) is 0. The Morgan fingerprint density at radius 1 is 1.18 bits per heavy atom. The number of alkyl halides is 3. The summed E-state index contributed by atoms with van der Waals surface area (Å²) in [5.74, 6) is 0. The zero-order chi connectivity index (χ0) is 12.3. The zero-order valence-corrected chi connectivity index (χ0v) is 8.91. The van der Waals surface area contributed by atoms with Gasteiger partial charge in [-0.25, -0.2) is 0 Å². The molecule has 2 rings (SSSR count). The van der Waals surface area contributed by atoms with Gasteiger partial charge in [-0.05, 0) is 24.1 Å². The fourth-order valence-corrected chi connectivity index (χ4v) is 1.49. The van der Waals surface area contributed by atoms with Crippen LogP contribution in [-0.2, 0) is 19.1 Å². The minimum absolute atomic E-state index is 0.617. The number of benzene rings is 1. The molecule has 2 nitrogen and oxygen atoms in total. The minimum atomic E-state index is -4.27. The smallest absolute Gasteiger partial charge is 0.272 e. The van der Waals surface area contributed by atoms with Crippen LogP contribution in [0.5, 0.6) is 0 Å². The molecule has 2 aromatic rings. The lowest BCUT2D eigenvalue weighted by Gasteiger charge is -2.07. The maximum atomic E-state index is 12.3. The molecule has 1 aromatic carbocycles. The van der Waals surface area contributed by atoms with Crippen molar-refractivity contribution >= 4 is 0 Å². The monoisotopic (exact) mass is 239 g/mol. The van der Waals surface area contributed by atoms with E-state index >= 15 is 0 Å². The summed E-state index contributed by atoms with van der Waals surface area (Å²) in [4.78, 5) is 0. The number of rotatable bonds is 3. The van der Waals surface area contributed by atoms with Crippen LogP contribution in [0.25, 0.3) is 0 Å². The number of halogens is 3. The zero-order valence-electron chi connectivity index (χ0n) is 8.91. The van der Waals surface area contributed by atoms with Gasteiger partial charge < -0.3 is 0 Å². The quantitative estimate of drug-likeness (QED) is 0.805. The van der Waals surface area contributed by atoms with E-state index < -0.39 is 11.7 Å². The van der Waals surface area contributed by atoms with E-state index in [2.05, 4.69) is 11.2 Å². The second-order valence-electron chi connectivity index (χ2n) is 3.65. The van der Waals surface area contributed by atoms with Crippen LogP contribution in [-0.4, -0.2) is 9.78 Å². The third-order valence-electron chi connectivity index (χ3n) is 2.41. The Bertz CT molecular complexity index is 457. The van der Waals surface area contributed by atoms with Crippen LogP contribution in [0, 0.1) is 6.07 Å². The van der Waals surface area contributed by atoms with Crippen molar-refractivity contribution in [1.82, 2.24) is 9.78 Å². The van der Waals surface area contributed by atoms with E-state index in [0.717, 1.165) is 17.7 Å². The fraction of sp³-hybridized carbons (Fsp3) is 0.250. The number of nitrogens with zero attached hydrogens (tertiary/aromatic N) is 2. The van der Waals surface area contributed by atoms with Gasteiger partial charge in [-0.15, -0.1) is 0 Å². The molecule has 0 unspecified atom stereocenters. The van der Waals surface area contributed by atoms with E-state index in [-0.39, 0.29) is 0 Å². The van der Waals surface area contributed by atoms with Crippen LogP contribution in [0.3, 0.4) is 0 Å². The molecule has 0 saturated carbocycles. The molecule has 0 aliphatic rings. The second kappa shape index (κ2) is 4.61. The maximum absolute atomic E-state index is 12.3. The molecule has 0 fully saturated rings. The number of hydrogen-bond acceptors (Lipinski definition) is 1. The van der Waals surface area contributed by atoms with Gasteiger partial charge in [-0.2, -0.15) is 18.3 Å². The van der Waals surface area contributed by atoms with Crippen LogP contribution in [0.4, 0.5) is 13.2 Å². The first-order valence-corrected chi connectivity index (χ1v) is 5.10. The Morgan fingerprint density at radius 3 is 2.41 bits per heavy atom. The third kappa shape index (κ3) is 3.09. The summed E-state index contributed by atoms with van der Waals surface area (Å²) < 4.78 is 38.6. The highest BCUT2D eigenvalue weighted by Crippen LogP contribution is 2.29. The lowest BCUT2D eigenvalue weighted by Crippen LogP contribution is -2.05. The van der Waals surface area contributed by atoms with Crippen molar-refractivity contribution in [3.8, 4) is 0 Å². The lowest BCUT2D eigenvalue weighted by atomic mass is 10.1. The Morgan fingerprint density at radius 2 is 1.88 bits per heavy atom. The molecule has 5 heteroatoms. The van der Waals surface area contributed by atoms with Gasteiger partial charge in [0.2, 0.25) is 0 Å². The highest BCUT2D eigenvalue weighted by Gasteiger charge is 2.29. The van der Waals surface area contributed by atoms with E-state index in [4.69, 9.17) is 0 Å². The van der Waals surface area contributed by atoms with Gasteiger partial charge in [0.15, 0.2) is 0 Å². The molecule has 1 heterocycles. The van der Waals surface area contributed by atoms with Gasteiger partial charge in [0.05, 0.1) is 11.8 Å². The number of hydrogen-bond donors (Lipinski definition) is 0. The predicted molar refractivity (Wildman–Crippen MR) is 56.2 cm³/mol. The first-order chi connectivity index (χ1) is 8.05. The average molecular weight is 239 g/mol. The summed E-state index contributed by atoms with van der Waals surface area (Å²) in [6, 6.07) is 7.99. The van der Waals surface area contributed by atoms with Crippen molar-refractivity contribution in [2.24, 2.45) is 0 Å². The Hall–Kier alpha value is -1.78. The Balaban J connectivity index is 1.99. The van der Waals surface area contributed by atoms with Crippen molar-refractivity contribution in [2.45, 2.75) is 19.1 Å². The van der Waals surface area contributed by atoms with E-state index in [1.807, 2.05) is 0 Å². The average Bonchev–Trinajstić information content (AvgIpc) is 2.78. The molecule has 0 spiro atoms.